The van der Waals surface area contributed by atoms with Gasteiger partial charge in [0.05, 0.1) is 24.9 Å². The average Bonchev–Trinajstić information content (AvgIpc) is 3.15. The Labute approximate surface area is 211 Å². The minimum absolute atomic E-state index is 0.00682. The molecule has 0 aromatic carbocycles. The molecule has 4 bridgehead atoms. The Morgan fingerprint density at radius 1 is 1.22 bits per heavy atom. The summed E-state index contributed by atoms with van der Waals surface area (Å²) in [6.45, 7) is 7.37. The molecular weight excluding hydrogens is 466 g/mol. The van der Waals surface area contributed by atoms with E-state index in [2.05, 4.69) is 20.5 Å². The molecule has 4 fully saturated rings. The zero-order chi connectivity index (χ0) is 26.3. The maximum atomic E-state index is 13.4. The van der Waals surface area contributed by atoms with E-state index < -0.39 is 23.3 Å². The summed E-state index contributed by atoms with van der Waals surface area (Å²) in [6.07, 6.45) is 7.72. The van der Waals surface area contributed by atoms with Crippen LogP contribution < -0.4 is 21.1 Å². The smallest absolute Gasteiger partial charge is 0.407 e. The van der Waals surface area contributed by atoms with Crippen LogP contribution in [0.1, 0.15) is 70.2 Å². The molecule has 0 radical (unpaired) electrons. The van der Waals surface area contributed by atoms with Gasteiger partial charge in [-0.25, -0.2) is 14.3 Å². The SMILES string of the molecule is COC(=O)NC(C)(C)/C=C/n1ncc(C(=O)NC2C3CC4CC2CC(OC(N)=O)(C4)C3)c1OC(C)C. The van der Waals surface area contributed by atoms with Gasteiger partial charge in [0.25, 0.3) is 5.91 Å². The van der Waals surface area contributed by atoms with Crippen molar-refractivity contribution in [1.29, 1.82) is 0 Å². The summed E-state index contributed by atoms with van der Waals surface area (Å²) in [4.78, 5) is 36.6. The molecule has 11 nitrogen and oxygen atoms in total. The highest BCUT2D eigenvalue weighted by atomic mass is 16.6. The van der Waals surface area contributed by atoms with Crippen LogP contribution in [0.15, 0.2) is 12.3 Å². The maximum absolute atomic E-state index is 13.4. The van der Waals surface area contributed by atoms with Crippen molar-refractivity contribution in [2.45, 2.75) is 83.1 Å². The lowest BCUT2D eigenvalue weighted by Crippen LogP contribution is -2.63. The maximum Gasteiger partial charge on any atom is 0.407 e. The third-order valence-corrected chi connectivity index (χ3v) is 7.42. The number of nitrogens with one attached hydrogen (secondary N) is 2. The molecule has 2 unspecified atom stereocenters. The van der Waals surface area contributed by atoms with E-state index in [0.29, 0.717) is 30.2 Å². The molecule has 1 heterocycles. The van der Waals surface area contributed by atoms with E-state index in [0.717, 1.165) is 19.3 Å². The molecule has 4 saturated carbocycles. The Hall–Kier alpha value is -3.24. The lowest BCUT2D eigenvalue weighted by atomic mass is 9.52. The molecular formula is C25H37N5O6. The number of carbonyl (C=O) groups excluding carboxylic acids is 3. The number of hydrogen-bond acceptors (Lipinski definition) is 7. The summed E-state index contributed by atoms with van der Waals surface area (Å²) in [5, 5.41) is 10.3. The van der Waals surface area contributed by atoms with Gasteiger partial charge in [-0.1, -0.05) is 0 Å². The van der Waals surface area contributed by atoms with Crippen molar-refractivity contribution in [3.8, 4) is 5.88 Å². The highest BCUT2D eigenvalue weighted by Gasteiger charge is 2.57. The summed E-state index contributed by atoms with van der Waals surface area (Å²) in [7, 11) is 1.30. The summed E-state index contributed by atoms with van der Waals surface area (Å²) >= 11 is 0. The largest absolute Gasteiger partial charge is 0.474 e. The second-order valence-corrected chi connectivity index (χ2v) is 11.2. The topological polar surface area (TPSA) is 147 Å². The van der Waals surface area contributed by atoms with E-state index in [1.807, 2.05) is 27.7 Å². The lowest BCUT2D eigenvalue weighted by Gasteiger charge is -2.58. The summed E-state index contributed by atoms with van der Waals surface area (Å²) in [6, 6.07) is -0.00682. The highest BCUT2D eigenvalue weighted by Crippen LogP contribution is 2.57. The molecule has 0 saturated heterocycles. The normalized spacial score (nSPS) is 28.8. The van der Waals surface area contributed by atoms with Gasteiger partial charge in [0.1, 0.15) is 11.2 Å². The number of alkyl carbamates (subject to hydrolysis) is 1. The van der Waals surface area contributed by atoms with Crippen molar-refractivity contribution in [3.05, 3.63) is 17.8 Å². The van der Waals surface area contributed by atoms with Crippen LogP contribution in [0, 0.1) is 17.8 Å². The van der Waals surface area contributed by atoms with E-state index >= 15 is 0 Å². The molecule has 1 aromatic rings. The molecule has 11 heteroatoms. The van der Waals surface area contributed by atoms with Crippen LogP contribution in [-0.2, 0) is 9.47 Å². The van der Waals surface area contributed by atoms with Crippen LogP contribution >= 0.6 is 0 Å². The second kappa shape index (κ2) is 9.67. The predicted molar refractivity (Wildman–Crippen MR) is 131 cm³/mol. The van der Waals surface area contributed by atoms with Gasteiger partial charge in [-0.2, -0.15) is 5.10 Å². The minimum Gasteiger partial charge on any atom is -0.474 e. The first-order chi connectivity index (χ1) is 16.9. The van der Waals surface area contributed by atoms with Crippen LogP contribution in [0.2, 0.25) is 0 Å². The number of nitrogens with two attached hydrogens (primary N) is 1. The van der Waals surface area contributed by atoms with Gasteiger partial charge in [-0.05, 0) is 83.6 Å². The third-order valence-electron chi connectivity index (χ3n) is 7.42. The van der Waals surface area contributed by atoms with Crippen molar-refractivity contribution in [3.63, 3.8) is 0 Å². The molecule has 2 atom stereocenters. The molecule has 0 spiro atoms. The fourth-order valence-electron chi connectivity index (χ4n) is 6.32. The molecule has 4 aliphatic rings. The van der Waals surface area contributed by atoms with Gasteiger partial charge in [-0.15, -0.1) is 0 Å². The lowest BCUT2D eigenvalue weighted by molar-refractivity contribution is -0.137. The molecule has 5 rings (SSSR count). The Morgan fingerprint density at radius 3 is 2.47 bits per heavy atom. The summed E-state index contributed by atoms with van der Waals surface area (Å²) in [5.41, 5.74) is 4.48. The van der Waals surface area contributed by atoms with Crippen LogP contribution in [0.5, 0.6) is 5.88 Å². The molecule has 4 aliphatic carbocycles. The van der Waals surface area contributed by atoms with Gasteiger partial charge < -0.3 is 30.6 Å². The fourth-order valence-corrected chi connectivity index (χ4v) is 6.32. The number of aromatic nitrogens is 2. The first kappa shape index (κ1) is 25.8. The monoisotopic (exact) mass is 503 g/mol. The number of carbonyl (C=O) groups is 3. The quantitative estimate of drug-likeness (QED) is 0.494. The Morgan fingerprint density at radius 2 is 1.89 bits per heavy atom. The first-order valence-electron chi connectivity index (χ1n) is 12.5. The molecule has 0 aliphatic heterocycles. The zero-order valence-electron chi connectivity index (χ0n) is 21.6. The zero-order valence-corrected chi connectivity index (χ0v) is 21.6. The van der Waals surface area contributed by atoms with Crippen LogP contribution in [0.3, 0.4) is 0 Å². The molecule has 4 N–H and O–H groups in total. The summed E-state index contributed by atoms with van der Waals surface area (Å²) < 4.78 is 17.7. The number of methoxy groups -OCH3 is 1. The Balaban J connectivity index is 1.51. The van der Waals surface area contributed by atoms with Crippen LogP contribution in [-0.4, -0.2) is 58.3 Å². The minimum atomic E-state index is -0.724. The van der Waals surface area contributed by atoms with Gasteiger partial charge in [0.15, 0.2) is 0 Å². The van der Waals surface area contributed by atoms with Crippen molar-refractivity contribution >= 4 is 24.3 Å². The van der Waals surface area contributed by atoms with E-state index in [9.17, 15) is 14.4 Å². The number of nitrogens with zero attached hydrogens (tertiary/aromatic N) is 2. The summed E-state index contributed by atoms with van der Waals surface area (Å²) in [5.74, 6) is 1.03. The van der Waals surface area contributed by atoms with Gasteiger partial charge in [0.2, 0.25) is 5.88 Å². The van der Waals surface area contributed by atoms with Crippen LogP contribution in [0.4, 0.5) is 9.59 Å². The Bertz CT molecular complexity index is 1030. The van der Waals surface area contributed by atoms with Gasteiger partial charge in [0, 0.05) is 12.2 Å². The number of ether oxygens (including phenoxy) is 3. The van der Waals surface area contributed by atoms with Crippen molar-refractivity contribution in [2.75, 3.05) is 7.11 Å². The van der Waals surface area contributed by atoms with Crippen molar-refractivity contribution in [1.82, 2.24) is 20.4 Å². The second-order valence-electron chi connectivity index (χ2n) is 11.2. The predicted octanol–water partition coefficient (Wildman–Crippen LogP) is 3.05. The fraction of sp³-hybridized carbons (Fsp3) is 0.680. The standard InChI is InChI=1S/C25H37N5O6/c1-14(2)35-21-18(13-27-30(21)7-6-24(3,4)29-23(33)34-5)20(31)28-19-16-8-15-9-17(19)12-25(10-15,11-16)36-22(26)32/h6-7,13-17,19H,8-12H2,1-5H3,(H2,26,32)(H,28,31)(H,29,33)/b7-6+. The van der Waals surface area contributed by atoms with Crippen LogP contribution in [0.25, 0.3) is 6.20 Å². The molecule has 198 valence electrons. The first-order valence-corrected chi connectivity index (χ1v) is 12.5. The molecule has 1 aromatic heterocycles. The highest BCUT2D eigenvalue weighted by molar-refractivity contribution is 5.96. The van der Waals surface area contributed by atoms with Crippen molar-refractivity contribution < 1.29 is 28.6 Å². The van der Waals surface area contributed by atoms with Crippen molar-refractivity contribution in [2.24, 2.45) is 23.5 Å². The average molecular weight is 504 g/mol. The number of amides is 3. The van der Waals surface area contributed by atoms with E-state index in [4.69, 9.17) is 15.2 Å². The van der Waals surface area contributed by atoms with E-state index in [1.165, 1.54) is 18.0 Å². The third kappa shape index (κ3) is 5.44. The number of hydrogen-bond donors (Lipinski definition) is 3. The number of primary amides is 1. The molecule has 36 heavy (non-hydrogen) atoms. The van der Waals surface area contributed by atoms with Gasteiger partial charge >= 0.3 is 12.2 Å². The van der Waals surface area contributed by atoms with Gasteiger partial charge in [-0.3, -0.25) is 4.79 Å². The Kier molecular flexibility index (Phi) is 6.94. The molecule has 3 amide bonds. The number of rotatable bonds is 8. The van der Waals surface area contributed by atoms with E-state index in [1.54, 1.807) is 12.3 Å². The van der Waals surface area contributed by atoms with E-state index in [-0.39, 0.29) is 29.9 Å².